The van der Waals surface area contributed by atoms with E-state index in [4.69, 9.17) is 0 Å². The fourth-order valence-corrected chi connectivity index (χ4v) is 1.75. The Kier molecular flexibility index (Phi) is 2.11. The van der Waals surface area contributed by atoms with Crippen molar-refractivity contribution in [2.75, 3.05) is 0 Å². The van der Waals surface area contributed by atoms with E-state index in [1.165, 1.54) is 0 Å². The van der Waals surface area contributed by atoms with Crippen molar-refractivity contribution < 1.29 is 13.2 Å². The highest BCUT2D eigenvalue weighted by molar-refractivity contribution is 7.14. The molecule has 2 heterocycles. The van der Waals surface area contributed by atoms with Crippen molar-refractivity contribution in [3.05, 3.63) is 27.5 Å². The van der Waals surface area contributed by atoms with Crippen molar-refractivity contribution in [3.63, 3.8) is 0 Å². The lowest BCUT2D eigenvalue weighted by Crippen LogP contribution is -2.14. The molecule has 5 nitrogen and oxygen atoms in total. The van der Waals surface area contributed by atoms with Crippen LogP contribution in [0.25, 0.3) is 5.00 Å². The van der Waals surface area contributed by atoms with Gasteiger partial charge in [0.1, 0.15) is 9.88 Å². The molecule has 0 amide bonds. The summed E-state index contributed by atoms with van der Waals surface area (Å²) in [6.07, 6.45) is -4.41. The van der Waals surface area contributed by atoms with Crippen molar-refractivity contribution in [3.8, 4) is 5.00 Å². The predicted molar refractivity (Wildman–Crippen MR) is 44.9 cm³/mol. The van der Waals surface area contributed by atoms with Crippen molar-refractivity contribution in [2.24, 2.45) is 0 Å². The van der Waals surface area contributed by atoms with Crippen molar-refractivity contribution in [2.45, 2.75) is 6.18 Å². The second kappa shape index (κ2) is 3.19. The summed E-state index contributed by atoms with van der Waals surface area (Å²) < 4.78 is 37.4. The summed E-state index contributed by atoms with van der Waals surface area (Å²) in [6.45, 7) is 0. The average Bonchev–Trinajstić information content (AvgIpc) is 2.69. The normalized spacial score (nSPS) is 11.9. The standard InChI is InChI=1S/C6H3F3N4OS/c7-6(8,9)3-1-2-4(15-3)13-5(14)10-11-12-13/h1-2H,(H,10,12,14). The van der Waals surface area contributed by atoms with Gasteiger partial charge in [0.15, 0.2) is 0 Å². The summed E-state index contributed by atoms with van der Waals surface area (Å²) in [4.78, 5) is 10.2. The number of alkyl halides is 3. The molecule has 0 spiro atoms. The highest BCUT2D eigenvalue weighted by Gasteiger charge is 2.32. The van der Waals surface area contributed by atoms with Gasteiger partial charge in [-0.2, -0.15) is 17.9 Å². The minimum absolute atomic E-state index is 0.0704. The van der Waals surface area contributed by atoms with Gasteiger partial charge in [-0.25, -0.2) is 9.89 Å². The number of aromatic amines is 1. The van der Waals surface area contributed by atoms with E-state index < -0.39 is 16.7 Å². The summed E-state index contributed by atoms with van der Waals surface area (Å²) in [6, 6.07) is 2.05. The smallest absolute Gasteiger partial charge is 0.244 e. The van der Waals surface area contributed by atoms with E-state index in [9.17, 15) is 18.0 Å². The van der Waals surface area contributed by atoms with Crippen LogP contribution in [0.2, 0.25) is 0 Å². The fraction of sp³-hybridized carbons (Fsp3) is 0.167. The first kappa shape index (κ1) is 9.90. The number of rotatable bonds is 1. The molecule has 0 saturated heterocycles. The lowest BCUT2D eigenvalue weighted by Gasteiger charge is -2.00. The Morgan fingerprint density at radius 2 is 2.13 bits per heavy atom. The maximum Gasteiger partial charge on any atom is 0.425 e. The van der Waals surface area contributed by atoms with E-state index in [2.05, 4.69) is 10.4 Å². The SMILES string of the molecule is O=c1[nH]nnn1-c1ccc(C(F)(F)F)s1. The molecule has 0 atom stereocenters. The van der Waals surface area contributed by atoms with Gasteiger partial charge in [0.2, 0.25) is 0 Å². The molecule has 0 radical (unpaired) electrons. The summed E-state index contributed by atoms with van der Waals surface area (Å²) in [5.41, 5.74) is -0.675. The lowest BCUT2D eigenvalue weighted by molar-refractivity contribution is -0.134. The van der Waals surface area contributed by atoms with Crippen LogP contribution >= 0.6 is 11.3 Å². The Hall–Kier alpha value is -1.64. The number of nitrogens with one attached hydrogen (secondary N) is 1. The van der Waals surface area contributed by atoms with Crippen LogP contribution < -0.4 is 5.69 Å². The zero-order valence-corrected chi connectivity index (χ0v) is 7.76. The molecule has 0 aliphatic carbocycles. The minimum atomic E-state index is -4.41. The zero-order chi connectivity index (χ0) is 11.1. The first-order valence-corrected chi connectivity index (χ1v) is 4.48. The number of aromatic nitrogens is 4. The monoisotopic (exact) mass is 236 g/mol. The number of halogens is 3. The maximum atomic E-state index is 12.2. The molecule has 0 aromatic carbocycles. The van der Waals surface area contributed by atoms with Crippen molar-refractivity contribution in [1.82, 2.24) is 20.2 Å². The van der Waals surface area contributed by atoms with Gasteiger partial charge in [-0.3, -0.25) is 0 Å². The second-order valence-corrected chi connectivity index (χ2v) is 3.62. The van der Waals surface area contributed by atoms with Crippen LogP contribution in [0.4, 0.5) is 13.2 Å². The molecule has 0 unspecified atom stereocenters. The molecule has 9 heteroatoms. The molecule has 0 aliphatic heterocycles. The Balaban J connectivity index is 2.45. The lowest BCUT2D eigenvalue weighted by atomic mass is 10.4. The fourth-order valence-electron chi connectivity index (χ4n) is 0.936. The van der Waals surface area contributed by atoms with Crippen LogP contribution in [0.15, 0.2) is 16.9 Å². The topological polar surface area (TPSA) is 63.6 Å². The number of nitrogens with zero attached hydrogens (tertiary/aromatic N) is 3. The van der Waals surface area contributed by atoms with E-state index in [1.807, 2.05) is 5.10 Å². The largest absolute Gasteiger partial charge is 0.425 e. The zero-order valence-electron chi connectivity index (χ0n) is 6.95. The first-order chi connectivity index (χ1) is 6.98. The molecule has 0 aliphatic rings. The Morgan fingerprint density at radius 3 is 2.60 bits per heavy atom. The van der Waals surface area contributed by atoms with Crippen LogP contribution in [0.1, 0.15) is 4.88 Å². The molecule has 2 aromatic heterocycles. The Bertz CT molecular complexity index is 525. The molecule has 15 heavy (non-hydrogen) atoms. The number of hydrogen-bond acceptors (Lipinski definition) is 4. The van der Waals surface area contributed by atoms with E-state index in [1.54, 1.807) is 0 Å². The number of H-pyrrole nitrogens is 1. The van der Waals surface area contributed by atoms with E-state index >= 15 is 0 Å². The molecule has 0 bridgehead atoms. The molecule has 0 saturated carbocycles. The highest BCUT2D eigenvalue weighted by Crippen LogP contribution is 2.35. The maximum absolute atomic E-state index is 12.2. The van der Waals surface area contributed by atoms with E-state index in [0.29, 0.717) is 11.3 Å². The number of thiophene rings is 1. The van der Waals surface area contributed by atoms with Crippen molar-refractivity contribution in [1.29, 1.82) is 0 Å². The predicted octanol–water partition coefficient (Wildman–Crippen LogP) is 1.04. The Morgan fingerprint density at radius 1 is 1.40 bits per heavy atom. The van der Waals surface area contributed by atoms with E-state index in [-0.39, 0.29) is 5.00 Å². The third-order valence-electron chi connectivity index (χ3n) is 1.55. The van der Waals surface area contributed by atoms with Gasteiger partial charge in [0.25, 0.3) is 0 Å². The van der Waals surface area contributed by atoms with Crippen molar-refractivity contribution >= 4 is 11.3 Å². The van der Waals surface area contributed by atoms with Crippen LogP contribution in [0.5, 0.6) is 0 Å². The second-order valence-electron chi connectivity index (χ2n) is 2.55. The van der Waals surface area contributed by atoms with Gasteiger partial charge in [0.05, 0.1) is 0 Å². The van der Waals surface area contributed by atoms with Gasteiger partial charge in [-0.1, -0.05) is 0 Å². The van der Waals surface area contributed by atoms with Crippen LogP contribution in [-0.4, -0.2) is 20.2 Å². The van der Waals surface area contributed by atoms with Gasteiger partial charge in [-0.05, 0) is 22.6 Å². The Labute approximate surface area is 84.1 Å². The van der Waals surface area contributed by atoms with Gasteiger partial charge >= 0.3 is 11.9 Å². The molecule has 0 fully saturated rings. The quantitative estimate of drug-likeness (QED) is 0.804. The number of tetrazole rings is 1. The molecular weight excluding hydrogens is 233 g/mol. The van der Waals surface area contributed by atoms with Gasteiger partial charge in [0, 0.05) is 0 Å². The average molecular weight is 236 g/mol. The third-order valence-corrected chi connectivity index (χ3v) is 2.66. The number of hydrogen-bond donors (Lipinski definition) is 1. The first-order valence-electron chi connectivity index (χ1n) is 3.66. The van der Waals surface area contributed by atoms with Crippen LogP contribution in [0.3, 0.4) is 0 Å². The third kappa shape index (κ3) is 1.77. The summed E-state index contributed by atoms with van der Waals surface area (Å²) >= 11 is 0.427. The molecule has 2 aromatic rings. The van der Waals surface area contributed by atoms with Gasteiger partial charge in [-0.15, -0.1) is 11.3 Å². The minimum Gasteiger partial charge on any atom is -0.244 e. The van der Waals surface area contributed by atoms with E-state index in [0.717, 1.165) is 16.8 Å². The van der Waals surface area contributed by atoms with Gasteiger partial charge < -0.3 is 0 Å². The summed E-state index contributed by atoms with van der Waals surface area (Å²) in [5.74, 6) is 0. The molecule has 2 rings (SSSR count). The highest BCUT2D eigenvalue weighted by atomic mass is 32.1. The molecule has 1 N–H and O–H groups in total. The van der Waals surface area contributed by atoms with Crippen LogP contribution in [0, 0.1) is 0 Å². The molecule has 80 valence electrons. The summed E-state index contributed by atoms with van der Waals surface area (Å²) in [7, 11) is 0. The van der Waals surface area contributed by atoms with Crippen LogP contribution in [-0.2, 0) is 6.18 Å². The molecular formula is C6H3F3N4OS. The summed E-state index contributed by atoms with van der Waals surface area (Å²) in [5, 5.41) is 8.55.